The Labute approximate surface area is 157 Å². The highest BCUT2D eigenvalue weighted by atomic mass is 16.2. The van der Waals surface area contributed by atoms with Crippen LogP contribution in [0, 0.1) is 36.5 Å². The lowest BCUT2D eigenvalue weighted by atomic mass is 9.63. The number of hydrazine groups is 1. The van der Waals surface area contributed by atoms with Crippen molar-refractivity contribution in [2.75, 3.05) is 0 Å². The van der Waals surface area contributed by atoms with Gasteiger partial charge >= 0.3 is 0 Å². The first-order valence-corrected chi connectivity index (χ1v) is 10.5. The molecule has 4 fully saturated rings. The molecule has 0 radical (unpaired) electrons. The second kappa shape index (κ2) is 5.58. The van der Waals surface area contributed by atoms with Gasteiger partial charge < -0.3 is 0 Å². The Kier molecular flexibility index (Phi) is 3.60. The molecule has 140 valence electrons. The average Bonchev–Trinajstić information content (AvgIpc) is 2.88. The number of carbonyl (C=O) groups is 1. The van der Waals surface area contributed by atoms with Crippen LogP contribution in [0.3, 0.4) is 0 Å². The summed E-state index contributed by atoms with van der Waals surface area (Å²) < 4.78 is 0. The number of nitrogens with zero attached hydrogens (tertiary/aromatic N) is 2. The summed E-state index contributed by atoms with van der Waals surface area (Å²) in [4.78, 5) is 13.2. The smallest absolute Gasteiger partial charge is 0.258 e. The molecule has 3 nitrogen and oxygen atoms in total. The third-order valence-electron chi connectivity index (χ3n) is 8.24. The van der Waals surface area contributed by atoms with E-state index in [-0.39, 0.29) is 5.54 Å². The van der Waals surface area contributed by atoms with E-state index in [0.717, 1.165) is 24.3 Å². The number of aryl methyl sites for hydroxylation is 1. The van der Waals surface area contributed by atoms with Gasteiger partial charge in [0.1, 0.15) is 5.54 Å². The van der Waals surface area contributed by atoms with Crippen LogP contribution in [0.2, 0.25) is 0 Å². The topological polar surface area (TPSA) is 23.6 Å². The predicted molar refractivity (Wildman–Crippen MR) is 103 cm³/mol. The zero-order valence-electron chi connectivity index (χ0n) is 16.6. The van der Waals surface area contributed by atoms with E-state index in [0.29, 0.717) is 23.8 Å². The molecule has 2 bridgehead atoms. The number of rotatable bonds is 3. The molecule has 1 aliphatic heterocycles. The van der Waals surface area contributed by atoms with Crippen LogP contribution in [0.15, 0.2) is 24.3 Å². The Bertz CT molecular complexity index is 741. The SMILES string of the molecule is Cc1ccccc1CN1N(C2C(C)CC3CC4CC2CC34)C(=O)C1(C)C. The maximum atomic E-state index is 13.2. The van der Waals surface area contributed by atoms with Gasteiger partial charge in [0.25, 0.3) is 5.91 Å². The molecule has 1 aromatic carbocycles. The molecule has 6 unspecified atom stereocenters. The molecule has 3 heteroatoms. The summed E-state index contributed by atoms with van der Waals surface area (Å²) in [5.41, 5.74) is 2.28. The molecule has 3 saturated carbocycles. The Morgan fingerprint density at radius 2 is 1.73 bits per heavy atom. The fraction of sp³-hybridized carbons (Fsp3) is 0.696. The fourth-order valence-electron chi connectivity index (χ4n) is 6.73. The van der Waals surface area contributed by atoms with Crippen LogP contribution >= 0.6 is 0 Å². The first kappa shape index (κ1) is 16.8. The maximum Gasteiger partial charge on any atom is 0.258 e. The Balaban J connectivity index is 1.45. The van der Waals surface area contributed by atoms with Crippen molar-refractivity contribution in [3.63, 3.8) is 0 Å². The molecule has 0 aromatic heterocycles. The van der Waals surface area contributed by atoms with E-state index in [2.05, 4.69) is 62.0 Å². The van der Waals surface area contributed by atoms with Gasteiger partial charge in [-0.2, -0.15) is 5.01 Å². The average molecular weight is 353 g/mol. The second-order valence-electron chi connectivity index (χ2n) is 10.0. The molecule has 1 saturated heterocycles. The highest BCUT2D eigenvalue weighted by Crippen LogP contribution is 2.61. The highest BCUT2D eigenvalue weighted by molar-refractivity contribution is 5.90. The van der Waals surface area contributed by atoms with Crippen LogP contribution in [-0.2, 0) is 11.3 Å². The standard InChI is InChI=1S/C23H32N2O/c1-14-7-5-6-8-16(14)13-24-23(3,4)22(26)25(24)21-15(2)9-17-10-18-11-19(21)12-20(17)18/h5-8,15,17-21H,9-13H2,1-4H3. The van der Waals surface area contributed by atoms with Crippen LogP contribution in [0.1, 0.15) is 57.6 Å². The fourth-order valence-corrected chi connectivity index (χ4v) is 6.73. The molecule has 1 heterocycles. The molecule has 5 rings (SSSR count). The number of carbonyl (C=O) groups excluding carboxylic acids is 1. The van der Waals surface area contributed by atoms with E-state index in [9.17, 15) is 4.79 Å². The Morgan fingerprint density at radius 1 is 1.04 bits per heavy atom. The molecule has 6 atom stereocenters. The molecule has 4 aliphatic rings. The summed E-state index contributed by atoms with van der Waals surface area (Å²) in [5.74, 6) is 4.56. The van der Waals surface area contributed by atoms with Crippen molar-refractivity contribution in [3.8, 4) is 0 Å². The summed E-state index contributed by atoms with van der Waals surface area (Å²) in [5, 5.41) is 4.58. The van der Waals surface area contributed by atoms with E-state index in [1.54, 1.807) is 0 Å². The molecule has 1 aromatic rings. The summed E-state index contributed by atoms with van der Waals surface area (Å²) >= 11 is 0. The molecule has 1 amide bonds. The van der Waals surface area contributed by atoms with Crippen molar-refractivity contribution >= 4 is 5.91 Å². The molecular weight excluding hydrogens is 320 g/mol. The van der Waals surface area contributed by atoms with Gasteiger partial charge in [0.05, 0.1) is 6.04 Å². The van der Waals surface area contributed by atoms with Crippen molar-refractivity contribution in [1.82, 2.24) is 10.0 Å². The Morgan fingerprint density at radius 3 is 2.50 bits per heavy atom. The summed E-state index contributed by atoms with van der Waals surface area (Å²) in [6.45, 7) is 9.62. The molecule has 26 heavy (non-hydrogen) atoms. The van der Waals surface area contributed by atoms with Gasteiger partial charge in [0.2, 0.25) is 0 Å². The summed E-state index contributed by atoms with van der Waals surface area (Å²) in [6, 6.07) is 9.02. The quantitative estimate of drug-likeness (QED) is 0.805. The maximum absolute atomic E-state index is 13.2. The van der Waals surface area contributed by atoms with Crippen molar-refractivity contribution in [2.24, 2.45) is 29.6 Å². The number of benzene rings is 1. The molecule has 3 aliphatic carbocycles. The first-order chi connectivity index (χ1) is 12.4. The van der Waals surface area contributed by atoms with Crippen LogP contribution in [-0.4, -0.2) is 27.5 Å². The van der Waals surface area contributed by atoms with Crippen LogP contribution in [0.4, 0.5) is 0 Å². The lowest BCUT2D eigenvalue weighted by Gasteiger charge is -2.60. The van der Waals surface area contributed by atoms with Gasteiger partial charge in [-0.1, -0.05) is 31.2 Å². The van der Waals surface area contributed by atoms with E-state index >= 15 is 0 Å². The third-order valence-corrected chi connectivity index (χ3v) is 8.24. The monoisotopic (exact) mass is 352 g/mol. The van der Waals surface area contributed by atoms with Crippen molar-refractivity contribution in [1.29, 1.82) is 0 Å². The third kappa shape index (κ3) is 2.19. The van der Waals surface area contributed by atoms with Gasteiger partial charge in [-0.25, -0.2) is 0 Å². The lowest BCUT2D eigenvalue weighted by molar-refractivity contribution is -0.239. The largest absolute Gasteiger partial charge is 0.271 e. The Hall–Kier alpha value is -1.35. The summed E-state index contributed by atoms with van der Waals surface area (Å²) in [6.07, 6.45) is 5.51. The van der Waals surface area contributed by atoms with E-state index in [4.69, 9.17) is 0 Å². The van der Waals surface area contributed by atoms with E-state index in [1.165, 1.54) is 36.8 Å². The molecule has 0 spiro atoms. The van der Waals surface area contributed by atoms with Crippen molar-refractivity contribution in [2.45, 2.75) is 71.5 Å². The number of hydrogen-bond donors (Lipinski definition) is 0. The summed E-state index contributed by atoms with van der Waals surface area (Å²) in [7, 11) is 0. The van der Waals surface area contributed by atoms with Gasteiger partial charge in [0, 0.05) is 6.54 Å². The van der Waals surface area contributed by atoms with Crippen LogP contribution in [0.25, 0.3) is 0 Å². The zero-order chi connectivity index (χ0) is 18.2. The zero-order valence-corrected chi connectivity index (χ0v) is 16.6. The van der Waals surface area contributed by atoms with Gasteiger partial charge in [-0.3, -0.25) is 9.80 Å². The second-order valence-corrected chi connectivity index (χ2v) is 10.0. The number of amides is 1. The van der Waals surface area contributed by atoms with E-state index in [1.807, 2.05) is 0 Å². The minimum atomic E-state index is -0.380. The molecule has 0 N–H and O–H groups in total. The van der Waals surface area contributed by atoms with E-state index < -0.39 is 0 Å². The molecular formula is C23H32N2O. The van der Waals surface area contributed by atoms with Crippen molar-refractivity contribution in [3.05, 3.63) is 35.4 Å². The number of hydrogen-bond acceptors (Lipinski definition) is 2. The van der Waals surface area contributed by atoms with Gasteiger partial charge in [-0.05, 0) is 87.2 Å². The normalized spacial score (nSPS) is 40.8. The lowest BCUT2D eigenvalue weighted by Crippen LogP contribution is -2.77. The van der Waals surface area contributed by atoms with Crippen LogP contribution in [0.5, 0.6) is 0 Å². The van der Waals surface area contributed by atoms with Gasteiger partial charge in [-0.15, -0.1) is 0 Å². The highest BCUT2D eigenvalue weighted by Gasteiger charge is 2.61. The van der Waals surface area contributed by atoms with Crippen molar-refractivity contribution < 1.29 is 4.79 Å². The predicted octanol–water partition coefficient (Wildman–Crippen LogP) is 4.40. The van der Waals surface area contributed by atoms with Crippen LogP contribution < -0.4 is 0 Å². The first-order valence-electron chi connectivity index (χ1n) is 10.5. The number of fused-ring (bicyclic) bond motifs is 1. The minimum Gasteiger partial charge on any atom is -0.271 e. The minimum absolute atomic E-state index is 0.335. The van der Waals surface area contributed by atoms with Gasteiger partial charge in [0.15, 0.2) is 0 Å².